The highest BCUT2D eigenvalue weighted by Crippen LogP contribution is 2.33. The third kappa shape index (κ3) is 1.66. The monoisotopic (exact) mass is 248 g/mol. The van der Waals surface area contributed by atoms with E-state index < -0.39 is 0 Å². The van der Waals surface area contributed by atoms with E-state index in [1.807, 2.05) is 19.1 Å². The van der Waals surface area contributed by atoms with Crippen LogP contribution in [-0.2, 0) is 17.8 Å². The Labute approximate surface area is 105 Å². The second kappa shape index (κ2) is 3.86. The number of nitrogen functional groups attached to an aromatic ring is 1. The van der Waals surface area contributed by atoms with E-state index in [0.29, 0.717) is 18.2 Å². The van der Waals surface area contributed by atoms with Gasteiger partial charge < -0.3 is 10.5 Å². The molecule has 1 aliphatic rings. The second-order valence-electron chi connectivity index (χ2n) is 4.40. The summed E-state index contributed by atoms with van der Waals surface area (Å²) in [5, 5.41) is 1.60. The number of halogens is 1. The van der Waals surface area contributed by atoms with Crippen LogP contribution in [-0.4, -0.2) is 11.6 Å². The van der Waals surface area contributed by atoms with Crippen LogP contribution in [0.5, 0.6) is 0 Å². The molecule has 88 valence electrons. The predicted octanol–water partition coefficient (Wildman–Crippen LogP) is 2.85. The highest BCUT2D eigenvalue weighted by Gasteiger charge is 2.18. The summed E-state index contributed by atoms with van der Waals surface area (Å²) < 4.78 is 5.43. The summed E-state index contributed by atoms with van der Waals surface area (Å²) in [6.07, 6.45) is 0.805. The zero-order valence-corrected chi connectivity index (χ0v) is 10.3. The summed E-state index contributed by atoms with van der Waals surface area (Å²) in [6, 6.07) is 3.94. The fourth-order valence-electron chi connectivity index (χ4n) is 2.28. The number of hydrogen-bond acceptors (Lipinski definition) is 3. The Bertz CT molecular complexity index is 610. The van der Waals surface area contributed by atoms with E-state index in [2.05, 4.69) is 4.98 Å². The number of nitrogens with two attached hydrogens (primary N) is 1. The molecule has 1 aromatic carbocycles. The van der Waals surface area contributed by atoms with Gasteiger partial charge in [0.25, 0.3) is 0 Å². The first kappa shape index (κ1) is 10.8. The second-order valence-corrected chi connectivity index (χ2v) is 4.80. The minimum Gasteiger partial charge on any atom is -0.398 e. The normalized spacial score (nSPS) is 14.9. The lowest BCUT2D eigenvalue weighted by Gasteiger charge is -2.19. The predicted molar refractivity (Wildman–Crippen MR) is 69.3 cm³/mol. The fourth-order valence-corrected chi connectivity index (χ4v) is 2.60. The summed E-state index contributed by atoms with van der Waals surface area (Å²) in [4.78, 5) is 4.63. The van der Waals surface area contributed by atoms with Gasteiger partial charge in [0.15, 0.2) is 0 Å². The van der Waals surface area contributed by atoms with Gasteiger partial charge in [-0.2, -0.15) is 0 Å². The van der Waals surface area contributed by atoms with Gasteiger partial charge in [-0.15, -0.1) is 0 Å². The Morgan fingerprint density at radius 2 is 2.24 bits per heavy atom. The molecule has 0 radical (unpaired) electrons. The average Bonchev–Trinajstić information content (AvgIpc) is 2.31. The van der Waals surface area contributed by atoms with Gasteiger partial charge in [-0.3, -0.25) is 4.98 Å². The van der Waals surface area contributed by atoms with Gasteiger partial charge in [0.1, 0.15) is 0 Å². The molecular formula is C13H13ClN2O. The Kier molecular flexibility index (Phi) is 2.45. The molecule has 2 N–H and O–H groups in total. The maximum atomic E-state index is 6.23. The van der Waals surface area contributed by atoms with Crippen LogP contribution < -0.4 is 5.73 Å². The van der Waals surface area contributed by atoms with Crippen molar-refractivity contribution in [1.29, 1.82) is 0 Å². The highest BCUT2D eigenvalue weighted by atomic mass is 35.5. The van der Waals surface area contributed by atoms with Gasteiger partial charge in [-0.1, -0.05) is 11.6 Å². The molecule has 1 aliphatic heterocycles. The van der Waals surface area contributed by atoms with E-state index in [1.54, 1.807) is 0 Å². The Hall–Kier alpha value is -1.32. The molecule has 2 aromatic rings. The molecule has 0 fully saturated rings. The molecule has 0 spiro atoms. The summed E-state index contributed by atoms with van der Waals surface area (Å²) in [5.74, 6) is 0. The maximum Gasteiger partial charge on any atom is 0.0912 e. The number of nitrogens with zero attached hydrogens (tertiary/aromatic N) is 1. The summed E-state index contributed by atoms with van der Waals surface area (Å²) in [5.41, 5.74) is 10.9. The zero-order chi connectivity index (χ0) is 12.0. The molecule has 0 aliphatic carbocycles. The SMILES string of the molecule is Cc1cc(Cl)c2nc3c(c(N)c2c1)COCC3. The fraction of sp³-hybridized carbons (Fsp3) is 0.308. The van der Waals surface area contributed by atoms with Crippen LogP contribution in [0.4, 0.5) is 5.69 Å². The molecule has 3 nitrogen and oxygen atoms in total. The molecule has 0 amide bonds. The first-order chi connectivity index (χ1) is 8.16. The number of fused-ring (bicyclic) bond motifs is 2. The summed E-state index contributed by atoms with van der Waals surface area (Å²) in [7, 11) is 0. The van der Waals surface area contributed by atoms with Crippen molar-refractivity contribution in [2.75, 3.05) is 12.3 Å². The third-order valence-electron chi connectivity index (χ3n) is 3.15. The minimum absolute atomic E-state index is 0.551. The first-order valence-electron chi connectivity index (χ1n) is 5.61. The Morgan fingerprint density at radius 1 is 1.41 bits per heavy atom. The summed E-state index contributed by atoms with van der Waals surface area (Å²) in [6.45, 7) is 3.25. The van der Waals surface area contributed by atoms with Crippen LogP contribution in [0.2, 0.25) is 5.02 Å². The quantitative estimate of drug-likeness (QED) is 0.780. The van der Waals surface area contributed by atoms with Crippen LogP contribution >= 0.6 is 11.6 Å². The number of aromatic nitrogens is 1. The number of hydrogen-bond donors (Lipinski definition) is 1. The Balaban J connectivity index is 2.40. The van der Waals surface area contributed by atoms with Crippen molar-refractivity contribution in [1.82, 2.24) is 4.98 Å². The lowest BCUT2D eigenvalue weighted by Crippen LogP contribution is -2.14. The Morgan fingerprint density at radius 3 is 3.06 bits per heavy atom. The van der Waals surface area contributed by atoms with E-state index in [-0.39, 0.29) is 0 Å². The molecule has 2 heterocycles. The molecular weight excluding hydrogens is 236 g/mol. The molecule has 17 heavy (non-hydrogen) atoms. The maximum absolute atomic E-state index is 6.23. The zero-order valence-electron chi connectivity index (χ0n) is 9.59. The average molecular weight is 249 g/mol. The van der Waals surface area contributed by atoms with Gasteiger partial charge in [0.2, 0.25) is 0 Å². The third-order valence-corrected chi connectivity index (χ3v) is 3.44. The molecule has 0 saturated heterocycles. The van der Waals surface area contributed by atoms with Crippen molar-refractivity contribution in [3.8, 4) is 0 Å². The summed E-state index contributed by atoms with van der Waals surface area (Å²) >= 11 is 6.23. The van der Waals surface area contributed by atoms with E-state index >= 15 is 0 Å². The van der Waals surface area contributed by atoms with Crippen molar-refractivity contribution in [3.05, 3.63) is 34.0 Å². The van der Waals surface area contributed by atoms with Crippen LogP contribution in [0.1, 0.15) is 16.8 Å². The van der Waals surface area contributed by atoms with Crippen molar-refractivity contribution < 1.29 is 4.74 Å². The van der Waals surface area contributed by atoms with Gasteiger partial charge in [-0.25, -0.2) is 0 Å². The van der Waals surface area contributed by atoms with Crippen molar-refractivity contribution >= 4 is 28.2 Å². The molecule has 1 aromatic heterocycles. The number of anilines is 1. The molecule has 4 heteroatoms. The van der Waals surface area contributed by atoms with E-state index in [9.17, 15) is 0 Å². The van der Waals surface area contributed by atoms with Crippen LogP contribution in [0.3, 0.4) is 0 Å². The van der Waals surface area contributed by atoms with Crippen molar-refractivity contribution in [2.24, 2.45) is 0 Å². The lowest BCUT2D eigenvalue weighted by molar-refractivity contribution is 0.110. The number of ether oxygens (including phenoxy) is 1. The number of aryl methyl sites for hydroxylation is 1. The standard InChI is InChI=1S/C13H13ClN2O/c1-7-4-8-12(15)9-6-17-3-2-11(9)16-13(8)10(14)5-7/h4-5H,2-3,6H2,1H3,(H2,15,16). The van der Waals surface area contributed by atoms with Crippen molar-refractivity contribution in [3.63, 3.8) is 0 Å². The number of benzene rings is 1. The molecule has 0 saturated carbocycles. The molecule has 0 bridgehead atoms. The van der Waals surface area contributed by atoms with Gasteiger partial charge in [-0.05, 0) is 24.6 Å². The van der Waals surface area contributed by atoms with Gasteiger partial charge >= 0.3 is 0 Å². The molecule has 0 atom stereocenters. The van der Waals surface area contributed by atoms with E-state index in [0.717, 1.165) is 39.8 Å². The molecule has 0 unspecified atom stereocenters. The van der Waals surface area contributed by atoms with Gasteiger partial charge in [0, 0.05) is 23.1 Å². The lowest BCUT2D eigenvalue weighted by atomic mass is 10.0. The van der Waals surface area contributed by atoms with Gasteiger partial charge in [0.05, 0.1) is 29.4 Å². The van der Waals surface area contributed by atoms with Crippen LogP contribution in [0.15, 0.2) is 12.1 Å². The largest absolute Gasteiger partial charge is 0.398 e. The molecule has 3 rings (SSSR count). The minimum atomic E-state index is 0.551. The van der Waals surface area contributed by atoms with Crippen LogP contribution in [0, 0.1) is 6.92 Å². The first-order valence-corrected chi connectivity index (χ1v) is 5.99. The van der Waals surface area contributed by atoms with Crippen molar-refractivity contribution in [2.45, 2.75) is 20.0 Å². The smallest absolute Gasteiger partial charge is 0.0912 e. The number of pyridine rings is 1. The van der Waals surface area contributed by atoms with E-state index in [1.165, 1.54) is 0 Å². The number of rotatable bonds is 0. The van der Waals surface area contributed by atoms with Crippen LogP contribution in [0.25, 0.3) is 10.9 Å². The van der Waals surface area contributed by atoms with E-state index in [4.69, 9.17) is 22.1 Å². The topological polar surface area (TPSA) is 48.1 Å². The highest BCUT2D eigenvalue weighted by molar-refractivity contribution is 6.35.